The third kappa shape index (κ3) is 4.47. The lowest BCUT2D eigenvalue weighted by Gasteiger charge is -2.37. The zero-order valence-electron chi connectivity index (χ0n) is 14.9. The number of aromatic nitrogens is 3. The van der Waals surface area contributed by atoms with Crippen molar-refractivity contribution in [1.29, 1.82) is 0 Å². The van der Waals surface area contributed by atoms with Crippen molar-refractivity contribution in [3.63, 3.8) is 0 Å². The van der Waals surface area contributed by atoms with Crippen LogP contribution in [-0.2, 0) is 16.6 Å². The molecule has 0 amide bonds. The lowest BCUT2D eigenvalue weighted by atomic mass is 10.0. The van der Waals surface area contributed by atoms with E-state index in [4.69, 9.17) is 4.74 Å². The summed E-state index contributed by atoms with van der Waals surface area (Å²) in [5, 5.41) is 0. The SMILES string of the molecule is COc1ccnc(N2CCC(N(Cc3cccnc3)S(C)(=O)=O)CC2)n1. The van der Waals surface area contributed by atoms with Gasteiger partial charge in [-0.1, -0.05) is 6.07 Å². The molecule has 0 aliphatic carbocycles. The van der Waals surface area contributed by atoms with Gasteiger partial charge in [0.15, 0.2) is 0 Å². The standard InChI is InChI=1S/C17H23N5O3S/c1-25-16-5-9-19-17(20-16)21-10-6-15(7-11-21)22(26(2,23)24)13-14-4-3-8-18-12-14/h3-5,8-9,12,15H,6-7,10-11,13H2,1-2H3. The predicted octanol–water partition coefficient (Wildman–Crippen LogP) is 1.31. The van der Waals surface area contributed by atoms with E-state index in [1.54, 1.807) is 36.1 Å². The minimum absolute atomic E-state index is 0.0490. The summed E-state index contributed by atoms with van der Waals surface area (Å²) < 4.78 is 31.4. The molecule has 0 radical (unpaired) electrons. The van der Waals surface area contributed by atoms with Crippen LogP contribution < -0.4 is 9.64 Å². The van der Waals surface area contributed by atoms with Crippen LogP contribution in [0.5, 0.6) is 5.88 Å². The van der Waals surface area contributed by atoms with Crippen molar-refractivity contribution >= 4 is 16.0 Å². The van der Waals surface area contributed by atoms with E-state index in [0.29, 0.717) is 44.3 Å². The molecule has 9 heteroatoms. The van der Waals surface area contributed by atoms with E-state index in [0.717, 1.165) is 5.56 Å². The molecule has 3 rings (SSSR count). The first kappa shape index (κ1) is 18.5. The highest BCUT2D eigenvalue weighted by atomic mass is 32.2. The Labute approximate surface area is 153 Å². The Morgan fingerprint density at radius 3 is 2.65 bits per heavy atom. The molecule has 26 heavy (non-hydrogen) atoms. The van der Waals surface area contributed by atoms with E-state index in [2.05, 4.69) is 19.9 Å². The van der Waals surface area contributed by atoms with Crippen LogP contribution in [0, 0.1) is 0 Å². The number of methoxy groups -OCH3 is 1. The number of rotatable bonds is 6. The average Bonchev–Trinajstić information content (AvgIpc) is 2.66. The van der Waals surface area contributed by atoms with Gasteiger partial charge in [0.2, 0.25) is 21.9 Å². The first-order valence-electron chi connectivity index (χ1n) is 8.45. The molecule has 0 atom stereocenters. The highest BCUT2D eigenvalue weighted by molar-refractivity contribution is 7.88. The normalized spacial score (nSPS) is 16.0. The van der Waals surface area contributed by atoms with E-state index in [-0.39, 0.29) is 6.04 Å². The van der Waals surface area contributed by atoms with Crippen molar-refractivity contribution < 1.29 is 13.2 Å². The molecule has 2 aromatic rings. The lowest BCUT2D eigenvalue weighted by molar-refractivity contribution is 0.269. The molecular weight excluding hydrogens is 354 g/mol. The first-order chi connectivity index (χ1) is 12.5. The van der Waals surface area contributed by atoms with Gasteiger partial charge in [0.05, 0.1) is 13.4 Å². The quantitative estimate of drug-likeness (QED) is 0.750. The zero-order chi connectivity index (χ0) is 18.6. The molecule has 0 spiro atoms. The number of piperidine rings is 1. The van der Waals surface area contributed by atoms with Gasteiger partial charge in [0, 0.05) is 50.3 Å². The number of hydrogen-bond acceptors (Lipinski definition) is 7. The van der Waals surface area contributed by atoms with Crippen LogP contribution in [0.4, 0.5) is 5.95 Å². The Kier molecular flexibility index (Phi) is 5.67. The summed E-state index contributed by atoms with van der Waals surface area (Å²) in [7, 11) is -1.75. The molecule has 2 aromatic heterocycles. The van der Waals surface area contributed by atoms with Crippen molar-refractivity contribution in [3.05, 3.63) is 42.4 Å². The fraction of sp³-hybridized carbons (Fsp3) is 0.471. The Hall–Kier alpha value is -2.26. The third-order valence-corrected chi connectivity index (χ3v) is 5.75. The number of sulfonamides is 1. The third-order valence-electron chi connectivity index (χ3n) is 4.47. The Morgan fingerprint density at radius 2 is 2.04 bits per heavy atom. The van der Waals surface area contributed by atoms with Crippen molar-refractivity contribution in [2.75, 3.05) is 31.4 Å². The number of nitrogens with zero attached hydrogens (tertiary/aromatic N) is 5. The van der Waals surface area contributed by atoms with Crippen LogP contribution in [0.3, 0.4) is 0 Å². The molecular formula is C17H23N5O3S. The first-order valence-corrected chi connectivity index (χ1v) is 10.3. The second kappa shape index (κ2) is 7.96. The van der Waals surface area contributed by atoms with Gasteiger partial charge in [-0.2, -0.15) is 9.29 Å². The molecule has 0 saturated carbocycles. The van der Waals surface area contributed by atoms with Crippen molar-refractivity contribution in [2.45, 2.75) is 25.4 Å². The average molecular weight is 377 g/mol. The number of anilines is 1. The fourth-order valence-electron chi connectivity index (χ4n) is 3.14. The zero-order valence-corrected chi connectivity index (χ0v) is 15.8. The summed E-state index contributed by atoms with van der Waals surface area (Å²) >= 11 is 0. The fourth-order valence-corrected chi connectivity index (χ4v) is 4.28. The van der Waals surface area contributed by atoms with Crippen molar-refractivity contribution in [2.24, 2.45) is 0 Å². The Morgan fingerprint density at radius 1 is 1.27 bits per heavy atom. The molecule has 1 aliphatic rings. The highest BCUT2D eigenvalue weighted by Gasteiger charge is 2.31. The number of hydrogen-bond donors (Lipinski definition) is 0. The van der Waals surface area contributed by atoms with Gasteiger partial charge >= 0.3 is 0 Å². The molecule has 1 aliphatic heterocycles. The van der Waals surface area contributed by atoms with Crippen LogP contribution in [-0.4, -0.2) is 60.2 Å². The minimum atomic E-state index is -3.32. The van der Waals surface area contributed by atoms with Gasteiger partial charge in [-0.3, -0.25) is 4.98 Å². The molecule has 0 bridgehead atoms. The highest BCUT2D eigenvalue weighted by Crippen LogP contribution is 2.24. The van der Waals surface area contributed by atoms with E-state index in [1.165, 1.54) is 6.26 Å². The lowest BCUT2D eigenvalue weighted by Crippen LogP contribution is -2.47. The van der Waals surface area contributed by atoms with Gasteiger partial charge in [0.1, 0.15) is 0 Å². The van der Waals surface area contributed by atoms with Gasteiger partial charge < -0.3 is 9.64 Å². The summed E-state index contributed by atoms with van der Waals surface area (Å²) in [6.45, 7) is 1.72. The molecule has 0 unspecified atom stereocenters. The molecule has 8 nitrogen and oxygen atoms in total. The predicted molar refractivity (Wildman–Crippen MR) is 98.4 cm³/mol. The van der Waals surface area contributed by atoms with Crippen LogP contribution in [0.2, 0.25) is 0 Å². The molecule has 0 aromatic carbocycles. The van der Waals surface area contributed by atoms with E-state index in [1.807, 2.05) is 12.1 Å². The molecule has 0 N–H and O–H groups in total. The van der Waals surface area contributed by atoms with Crippen molar-refractivity contribution in [1.82, 2.24) is 19.3 Å². The Balaban J connectivity index is 1.69. The van der Waals surface area contributed by atoms with Gasteiger partial charge in [-0.15, -0.1) is 0 Å². The number of pyridine rings is 1. The van der Waals surface area contributed by atoms with Crippen LogP contribution >= 0.6 is 0 Å². The van der Waals surface area contributed by atoms with Crippen LogP contribution in [0.1, 0.15) is 18.4 Å². The maximum atomic E-state index is 12.3. The summed E-state index contributed by atoms with van der Waals surface area (Å²) in [5.74, 6) is 1.13. The van der Waals surface area contributed by atoms with Gasteiger partial charge in [0.25, 0.3) is 0 Å². The van der Waals surface area contributed by atoms with E-state index >= 15 is 0 Å². The number of ether oxygens (including phenoxy) is 1. The topological polar surface area (TPSA) is 88.5 Å². The molecule has 140 valence electrons. The Bertz CT molecular complexity index is 823. The van der Waals surface area contributed by atoms with Crippen molar-refractivity contribution in [3.8, 4) is 5.88 Å². The summed E-state index contributed by atoms with van der Waals surface area (Å²) in [5.41, 5.74) is 0.886. The van der Waals surface area contributed by atoms with Gasteiger partial charge in [-0.25, -0.2) is 13.4 Å². The smallest absolute Gasteiger partial charge is 0.228 e. The summed E-state index contributed by atoms with van der Waals surface area (Å²) in [6.07, 6.45) is 7.75. The second-order valence-corrected chi connectivity index (χ2v) is 8.22. The van der Waals surface area contributed by atoms with Gasteiger partial charge in [-0.05, 0) is 24.5 Å². The summed E-state index contributed by atoms with van der Waals surface area (Å²) in [6, 6.07) is 5.37. The maximum Gasteiger partial charge on any atom is 0.228 e. The molecule has 1 fully saturated rings. The summed E-state index contributed by atoms with van der Waals surface area (Å²) in [4.78, 5) is 14.8. The molecule has 1 saturated heterocycles. The van der Waals surface area contributed by atoms with E-state index < -0.39 is 10.0 Å². The van der Waals surface area contributed by atoms with Crippen LogP contribution in [0.25, 0.3) is 0 Å². The second-order valence-electron chi connectivity index (χ2n) is 6.29. The largest absolute Gasteiger partial charge is 0.481 e. The minimum Gasteiger partial charge on any atom is -0.481 e. The maximum absolute atomic E-state index is 12.3. The monoisotopic (exact) mass is 377 g/mol. The van der Waals surface area contributed by atoms with E-state index in [9.17, 15) is 8.42 Å². The molecule has 3 heterocycles. The van der Waals surface area contributed by atoms with Crippen LogP contribution in [0.15, 0.2) is 36.8 Å².